The van der Waals surface area contributed by atoms with E-state index in [9.17, 15) is 13.2 Å². The topological polar surface area (TPSA) is 98.5 Å². The van der Waals surface area contributed by atoms with Crippen molar-refractivity contribution in [3.8, 4) is 16.9 Å². The lowest BCUT2D eigenvalue weighted by atomic mass is 10.0. The molecule has 0 saturated heterocycles. The number of aryl methyl sites for hydroxylation is 1. The summed E-state index contributed by atoms with van der Waals surface area (Å²) in [6, 6.07) is 14.4. The average Bonchev–Trinajstić information content (AvgIpc) is 3.38. The molecule has 7 nitrogen and oxygen atoms in total. The highest BCUT2D eigenvalue weighted by molar-refractivity contribution is 7.90. The number of benzene rings is 2. The number of fused-ring (bicyclic) bond motifs is 1. The second kappa shape index (κ2) is 8.55. The van der Waals surface area contributed by atoms with Crippen molar-refractivity contribution in [2.45, 2.75) is 37.2 Å². The van der Waals surface area contributed by atoms with Gasteiger partial charge in [-0.3, -0.25) is 4.79 Å². The summed E-state index contributed by atoms with van der Waals surface area (Å²) < 4.78 is 34.4. The summed E-state index contributed by atoms with van der Waals surface area (Å²) >= 11 is 0. The summed E-state index contributed by atoms with van der Waals surface area (Å²) in [7, 11) is -3.22. The van der Waals surface area contributed by atoms with Gasteiger partial charge in [-0.25, -0.2) is 8.42 Å². The van der Waals surface area contributed by atoms with E-state index in [2.05, 4.69) is 10.5 Å². The van der Waals surface area contributed by atoms with Crippen LogP contribution in [0.5, 0.6) is 5.75 Å². The molecule has 2 aromatic carbocycles. The van der Waals surface area contributed by atoms with Crippen LogP contribution in [0.1, 0.15) is 35.2 Å². The van der Waals surface area contributed by atoms with E-state index < -0.39 is 9.84 Å². The van der Waals surface area contributed by atoms with Gasteiger partial charge < -0.3 is 14.6 Å². The Labute approximate surface area is 181 Å². The number of sulfone groups is 1. The second-order valence-electron chi connectivity index (χ2n) is 7.70. The van der Waals surface area contributed by atoms with E-state index in [1.165, 1.54) is 6.26 Å². The molecule has 1 amide bonds. The van der Waals surface area contributed by atoms with Gasteiger partial charge in [0.05, 0.1) is 11.4 Å². The third-order valence-corrected chi connectivity index (χ3v) is 6.32. The lowest BCUT2D eigenvalue weighted by Gasteiger charge is -2.10. The summed E-state index contributed by atoms with van der Waals surface area (Å²) in [5.41, 5.74) is 3.24. The summed E-state index contributed by atoms with van der Waals surface area (Å²) in [4.78, 5) is 12.6. The maximum Gasteiger partial charge on any atom is 0.273 e. The largest absolute Gasteiger partial charge is 0.488 e. The van der Waals surface area contributed by atoms with Crippen molar-refractivity contribution in [1.29, 1.82) is 0 Å². The number of rotatable bonds is 7. The number of nitrogens with zero attached hydrogens (tertiary/aromatic N) is 1. The molecule has 4 rings (SSSR count). The van der Waals surface area contributed by atoms with Crippen LogP contribution in [0, 0.1) is 0 Å². The Hall–Kier alpha value is -3.13. The fraction of sp³-hybridized carbons (Fsp3) is 0.304. The van der Waals surface area contributed by atoms with Crippen LogP contribution in [0.15, 0.2) is 57.9 Å². The smallest absolute Gasteiger partial charge is 0.273 e. The molecule has 2 heterocycles. The zero-order valence-corrected chi connectivity index (χ0v) is 18.2. The fourth-order valence-electron chi connectivity index (χ4n) is 3.59. The number of aromatic nitrogens is 1. The molecule has 0 fully saturated rings. The molecule has 0 radical (unpaired) electrons. The predicted octanol–water partition coefficient (Wildman–Crippen LogP) is 3.43. The van der Waals surface area contributed by atoms with Gasteiger partial charge >= 0.3 is 0 Å². The molecule has 0 saturated carbocycles. The summed E-state index contributed by atoms with van der Waals surface area (Å²) in [6.45, 7) is 2.40. The average molecular weight is 441 g/mol. The highest BCUT2D eigenvalue weighted by atomic mass is 32.2. The zero-order valence-electron chi connectivity index (χ0n) is 17.4. The van der Waals surface area contributed by atoms with Crippen LogP contribution in [0.4, 0.5) is 0 Å². The summed E-state index contributed by atoms with van der Waals surface area (Å²) in [6.07, 6.45) is 3.38. The highest BCUT2D eigenvalue weighted by Gasteiger charge is 2.24. The van der Waals surface area contributed by atoms with Crippen molar-refractivity contribution < 1.29 is 22.5 Å². The molecule has 162 valence electrons. The molecule has 1 atom stereocenters. The molecule has 1 aromatic heterocycles. The number of hydrogen-bond acceptors (Lipinski definition) is 6. The number of carbonyl (C=O) groups is 1. The maximum absolute atomic E-state index is 12.3. The van der Waals surface area contributed by atoms with Crippen LogP contribution < -0.4 is 10.1 Å². The first-order chi connectivity index (χ1) is 14.8. The summed E-state index contributed by atoms with van der Waals surface area (Å²) in [5, 5.41) is 6.67. The van der Waals surface area contributed by atoms with Crippen molar-refractivity contribution in [2.75, 3.05) is 12.8 Å². The molecule has 3 aromatic rings. The Balaban J connectivity index is 1.38. The van der Waals surface area contributed by atoms with Crippen LogP contribution in [0.3, 0.4) is 0 Å². The van der Waals surface area contributed by atoms with Crippen LogP contribution >= 0.6 is 0 Å². The van der Waals surface area contributed by atoms with Gasteiger partial charge in [-0.1, -0.05) is 30.3 Å². The number of nitrogens with one attached hydrogen (secondary N) is 1. The second-order valence-corrected chi connectivity index (χ2v) is 9.72. The van der Waals surface area contributed by atoms with Gasteiger partial charge in [0.25, 0.3) is 5.91 Å². The van der Waals surface area contributed by atoms with E-state index in [1.54, 1.807) is 30.3 Å². The number of amides is 1. The minimum Gasteiger partial charge on any atom is -0.488 e. The first kappa shape index (κ1) is 21.1. The third kappa shape index (κ3) is 4.80. The van der Waals surface area contributed by atoms with Gasteiger partial charge in [0.2, 0.25) is 0 Å². The fourth-order valence-corrected chi connectivity index (χ4v) is 4.22. The molecule has 1 aliphatic rings. The number of hydrogen-bond donors (Lipinski definition) is 1. The van der Waals surface area contributed by atoms with E-state index >= 15 is 0 Å². The minimum atomic E-state index is -3.22. The summed E-state index contributed by atoms with van der Waals surface area (Å²) in [5.74, 6) is 1.22. The monoisotopic (exact) mass is 440 g/mol. The van der Waals surface area contributed by atoms with Crippen LogP contribution in [0.25, 0.3) is 11.1 Å². The van der Waals surface area contributed by atoms with Gasteiger partial charge in [0.15, 0.2) is 15.5 Å². The van der Waals surface area contributed by atoms with E-state index in [0.29, 0.717) is 23.6 Å². The van der Waals surface area contributed by atoms with Gasteiger partial charge in [-0.2, -0.15) is 0 Å². The Bertz CT molecular complexity index is 1200. The van der Waals surface area contributed by atoms with Gasteiger partial charge in [-0.15, -0.1) is 0 Å². The Morgan fingerprint density at radius 2 is 1.87 bits per heavy atom. The molecule has 8 heteroatoms. The van der Waals surface area contributed by atoms with Crippen molar-refractivity contribution >= 4 is 15.7 Å². The van der Waals surface area contributed by atoms with Gasteiger partial charge in [-0.05, 0) is 47.4 Å². The molecule has 31 heavy (non-hydrogen) atoms. The SMILES string of the molecule is CCCc1cc(C(=O)NC[C@H]2Cc3cc(-c4ccc(S(C)(=O)=O)cc4)ccc3O2)no1. The Morgan fingerprint density at radius 1 is 1.13 bits per heavy atom. The van der Waals surface area contributed by atoms with Crippen LogP contribution in [-0.4, -0.2) is 38.4 Å². The van der Waals surface area contributed by atoms with E-state index in [1.807, 2.05) is 25.1 Å². The Kier molecular flexibility index (Phi) is 5.82. The molecule has 0 unspecified atom stereocenters. The molecular weight excluding hydrogens is 416 g/mol. The van der Waals surface area contributed by atoms with E-state index in [4.69, 9.17) is 9.26 Å². The van der Waals surface area contributed by atoms with Gasteiger partial charge in [0, 0.05) is 25.2 Å². The number of carbonyl (C=O) groups excluding carboxylic acids is 1. The number of ether oxygens (including phenoxy) is 1. The van der Waals surface area contributed by atoms with Crippen LogP contribution in [-0.2, 0) is 22.7 Å². The van der Waals surface area contributed by atoms with E-state index in [-0.39, 0.29) is 17.7 Å². The van der Waals surface area contributed by atoms with Crippen molar-refractivity contribution in [1.82, 2.24) is 10.5 Å². The molecular formula is C23H24N2O5S. The first-order valence-electron chi connectivity index (χ1n) is 10.2. The van der Waals surface area contributed by atoms with Gasteiger partial charge in [0.1, 0.15) is 17.6 Å². The normalized spacial score (nSPS) is 15.4. The standard InChI is InChI=1S/C23H24N2O5S/c1-3-4-18-13-21(25-30-18)23(26)24-14-19-12-17-11-16(7-10-22(17)29-19)15-5-8-20(9-6-15)31(2,27)28/h5-11,13,19H,3-4,12,14H2,1-2H3,(H,24,26)/t19-/m1/s1. The van der Waals surface area contributed by atoms with Crippen molar-refractivity contribution in [3.63, 3.8) is 0 Å². The lowest BCUT2D eigenvalue weighted by molar-refractivity contribution is 0.0924. The highest BCUT2D eigenvalue weighted by Crippen LogP contribution is 2.33. The molecule has 1 aliphatic heterocycles. The quantitative estimate of drug-likeness (QED) is 0.604. The van der Waals surface area contributed by atoms with Crippen molar-refractivity contribution in [3.05, 3.63) is 65.5 Å². The molecule has 1 N–H and O–H groups in total. The Morgan fingerprint density at radius 3 is 2.58 bits per heavy atom. The third-order valence-electron chi connectivity index (χ3n) is 5.20. The molecule has 0 aliphatic carbocycles. The minimum absolute atomic E-state index is 0.163. The zero-order chi connectivity index (χ0) is 22.0. The molecule has 0 bridgehead atoms. The van der Waals surface area contributed by atoms with E-state index in [0.717, 1.165) is 35.3 Å². The lowest BCUT2D eigenvalue weighted by Crippen LogP contribution is -2.34. The van der Waals surface area contributed by atoms with Crippen LogP contribution in [0.2, 0.25) is 0 Å². The predicted molar refractivity (Wildman–Crippen MR) is 116 cm³/mol. The molecule has 0 spiro atoms. The first-order valence-corrected chi connectivity index (χ1v) is 12.1. The maximum atomic E-state index is 12.3. The van der Waals surface area contributed by atoms with Crippen molar-refractivity contribution in [2.24, 2.45) is 0 Å².